The highest BCUT2D eigenvalue weighted by Gasteiger charge is 2.34. The number of fused-ring (bicyclic) bond motifs is 1. The zero-order valence-electron chi connectivity index (χ0n) is 15.8. The Morgan fingerprint density at radius 3 is 3.07 bits per heavy atom. The van der Waals surface area contributed by atoms with Crippen LogP contribution in [0, 0.1) is 5.92 Å². The Bertz CT molecular complexity index is 789. The van der Waals surface area contributed by atoms with E-state index < -0.39 is 6.10 Å². The van der Waals surface area contributed by atoms with Gasteiger partial charge in [0.2, 0.25) is 5.91 Å². The molecule has 6 heteroatoms. The summed E-state index contributed by atoms with van der Waals surface area (Å²) in [5, 5.41) is 13.4. The van der Waals surface area contributed by atoms with Gasteiger partial charge in [0.25, 0.3) is 0 Å². The summed E-state index contributed by atoms with van der Waals surface area (Å²) in [6.45, 7) is 1.93. The molecule has 0 saturated heterocycles. The summed E-state index contributed by atoms with van der Waals surface area (Å²) in [6.07, 6.45) is 9.15. The second-order valence-corrected chi connectivity index (χ2v) is 8.00. The van der Waals surface area contributed by atoms with Crippen LogP contribution in [0.15, 0.2) is 36.9 Å². The molecule has 6 nitrogen and oxygen atoms in total. The van der Waals surface area contributed by atoms with Crippen LogP contribution in [0.2, 0.25) is 0 Å². The van der Waals surface area contributed by atoms with Gasteiger partial charge in [0.05, 0.1) is 24.9 Å². The molecule has 2 N–H and O–H groups in total. The number of aromatic nitrogens is 2. The Kier molecular flexibility index (Phi) is 5.16. The summed E-state index contributed by atoms with van der Waals surface area (Å²) in [4.78, 5) is 18.9. The van der Waals surface area contributed by atoms with Gasteiger partial charge >= 0.3 is 0 Å². The van der Waals surface area contributed by atoms with E-state index in [0.29, 0.717) is 18.8 Å². The van der Waals surface area contributed by atoms with Crippen LogP contribution >= 0.6 is 0 Å². The smallest absolute Gasteiger partial charge is 0.224 e. The van der Waals surface area contributed by atoms with Crippen LogP contribution in [0.1, 0.15) is 30.4 Å². The highest BCUT2D eigenvalue weighted by atomic mass is 16.3. The van der Waals surface area contributed by atoms with Gasteiger partial charge in [-0.15, -0.1) is 0 Å². The number of carbonyl (C=O) groups is 1. The molecule has 1 aliphatic carbocycles. The van der Waals surface area contributed by atoms with E-state index in [4.69, 9.17) is 0 Å². The Labute approximate surface area is 160 Å². The number of hydrogen-bond acceptors (Lipinski definition) is 4. The Hall–Kier alpha value is -2.34. The van der Waals surface area contributed by atoms with Crippen LogP contribution in [-0.4, -0.2) is 46.3 Å². The van der Waals surface area contributed by atoms with Crippen molar-refractivity contribution in [3.63, 3.8) is 0 Å². The number of aryl methyl sites for hydroxylation is 1. The first kappa shape index (κ1) is 18.0. The number of aliphatic hydroxyl groups is 1. The van der Waals surface area contributed by atoms with Gasteiger partial charge in [0, 0.05) is 38.2 Å². The number of nitrogens with zero attached hydrogens (tertiary/aromatic N) is 3. The normalized spacial score (nSPS) is 24.7. The molecule has 1 saturated carbocycles. The summed E-state index contributed by atoms with van der Waals surface area (Å²) in [5.41, 5.74) is 3.65. The molecule has 1 unspecified atom stereocenters. The fourth-order valence-electron chi connectivity index (χ4n) is 4.51. The van der Waals surface area contributed by atoms with Gasteiger partial charge < -0.3 is 19.9 Å². The summed E-state index contributed by atoms with van der Waals surface area (Å²) in [5.74, 6) is 0.352. The minimum absolute atomic E-state index is 0.00792. The maximum absolute atomic E-state index is 12.5. The Morgan fingerprint density at radius 2 is 2.26 bits per heavy atom. The van der Waals surface area contributed by atoms with Crippen LogP contribution in [0.5, 0.6) is 0 Å². The molecule has 2 heterocycles. The van der Waals surface area contributed by atoms with Crippen molar-refractivity contribution in [2.45, 2.75) is 50.8 Å². The molecular formula is C21H28N4O2. The second kappa shape index (κ2) is 7.72. The Balaban J connectivity index is 1.33. The van der Waals surface area contributed by atoms with E-state index in [0.717, 1.165) is 37.9 Å². The summed E-state index contributed by atoms with van der Waals surface area (Å²) in [6, 6.07) is 6.18. The summed E-state index contributed by atoms with van der Waals surface area (Å²) >= 11 is 0. The number of imidazole rings is 1. The molecule has 2 aromatic rings. The number of hydrogen-bond donors (Lipinski definition) is 2. The Morgan fingerprint density at radius 1 is 1.37 bits per heavy atom. The summed E-state index contributed by atoms with van der Waals surface area (Å²) < 4.78 is 2.03. The molecule has 2 aliphatic rings. The van der Waals surface area contributed by atoms with E-state index in [1.54, 1.807) is 12.5 Å². The predicted octanol–water partition coefficient (Wildman–Crippen LogP) is 1.76. The van der Waals surface area contributed by atoms with Gasteiger partial charge in [0.15, 0.2) is 0 Å². The third kappa shape index (κ3) is 4.16. The number of benzene rings is 1. The number of anilines is 1. The lowest BCUT2D eigenvalue weighted by Gasteiger charge is -2.27. The molecule has 3 atom stereocenters. The number of rotatable bonds is 5. The molecule has 27 heavy (non-hydrogen) atoms. The van der Waals surface area contributed by atoms with E-state index in [2.05, 4.69) is 34.4 Å². The molecule has 144 valence electrons. The summed E-state index contributed by atoms with van der Waals surface area (Å²) in [7, 11) is 2.12. The molecular weight excluding hydrogens is 340 g/mol. The van der Waals surface area contributed by atoms with Gasteiger partial charge in [-0.1, -0.05) is 12.1 Å². The van der Waals surface area contributed by atoms with Crippen LogP contribution in [0.4, 0.5) is 5.69 Å². The average Bonchev–Trinajstić information content (AvgIpc) is 3.25. The van der Waals surface area contributed by atoms with E-state index in [9.17, 15) is 9.90 Å². The standard InChI is InChI=1S/C21H28N4O2/c1-24-7-2-3-17-9-15(4-5-19(17)24)12-21(27)23-18-10-16(11-20(18)26)13-25-8-6-22-14-25/h4-6,8-9,14,16,18,20,26H,2-3,7,10-13H2,1H3,(H,23,27)/t16?,18-,20-/m1/s1. The van der Waals surface area contributed by atoms with Crippen molar-refractivity contribution in [3.05, 3.63) is 48.0 Å². The van der Waals surface area contributed by atoms with Crippen LogP contribution in [0.25, 0.3) is 0 Å². The highest BCUT2D eigenvalue weighted by molar-refractivity contribution is 5.79. The van der Waals surface area contributed by atoms with E-state index in [1.807, 2.05) is 16.8 Å². The van der Waals surface area contributed by atoms with Crippen molar-refractivity contribution in [1.82, 2.24) is 14.9 Å². The number of amides is 1. The molecule has 1 aromatic carbocycles. The second-order valence-electron chi connectivity index (χ2n) is 8.00. The van der Waals surface area contributed by atoms with Crippen molar-refractivity contribution in [3.8, 4) is 0 Å². The fourth-order valence-corrected chi connectivity index (χ4v) is 4.51. The molecule has 1 aliphatic heterocycles. The number of nitrogens with one attached hydrogen (secondary N) is 1. The van der Waals surface area contributed by atoms with E-state index >= 15 is 0 Å². The van der Waals surface area contributed by atoms with Gasteiger partial charge in [-0.25, -0.2) is 4.98 Å². The van der Waals surface area contributed by atoms with Gasteiger partial charge in [-0.2, -0.15) is 0 Å². The topological polar surface area (TPSA) is 70.4 Å². The van der Waals surface area contributed by atoms with Crippen LogP contribution < -0.4 is 10.2 Å². The lowest BCUT2D eigenvalue weighted by molar-refractivity contribution is -0.121. The van der Waals surface area contributed by atoms with Crippen molar-refractivity contribution in [2.24, 2.45) is 5.92 Å². The zero-order valence-corrected chi connectivity index (χ0v) is 15.8. The van der Waals surface area contributed by atoms with Crippen molar-refractivity contribution < 1.29 is 9.90 Å². The molecule has 1 fully saturated rings. The SMILES string of the molecule is CN1CCCc2cc(CC(=O)N[C@@H]3CC(Cn4ccnc4)C[C@H]3O)ccc21. The van der Waals surface area contributed by atoms with E-state index in [-0.39, 0.29) is 11.9 Å². The average molecular weight is 368 g/mol. The monoisotopic (exact) mass is 368 g/mol. The molecule has 1 aromatic heterocycles. The maximum atomic E-state index is 12.5. The minimum Gasteiger partial charge on any atom is -0.391 e. The molecule has 4 rings (SSSR count). The van der Waals surface area contributed by atoms with Gasteiger partial charge in [0.1, 0.15) is 0 Å². The largest absolute Gasteiger partial charge is 0.391 e. The first-order chi connectivity index (χ1) is 13.1. The van der Waals surface area contributed by atoms with Crippen molar-refractivity contribution in [1.29, 1.82) is 0 Å². The first-order valence-corrected chi connectivity index (χ1v) is 9.84. The number of aliphatic hydroxyl groups excluding tert-OH is 1. The highest BCUT2D eigenvalue weighted by Crippen LogP contribution is 2.29. The quantitative estimate of drug-likeness (QED) is 0.844. The third-order valence-electron chi connectivity index (χ3n) is 5.86. The van der Waals surface area contributed by atoms with Crippen LogP contribution in [-0.2, 0) is 24.2 Å². The van der Waals surface area contributed by atoms with Crippen LogP contribution in [0.3, 0.4) is 0 Å². The molecule has 1 amide bonds. The fraction of sp³-hybridized carbons (Fsp3) is 0.524. The zero-order chi connectivity index (χ0) is 18.8. The maximum Gasteiger partial charge on any atom is 0.224 e. The minimum atomic E-state index is -0.473. The predicted molar refractivity (Wildman–Crippen MR) is 105 cm³/mol. The third-order valence-corrected chi connectivity index (χ3v) is 5.86. The van der Waals surface area contributed by atoms with E-state index in [1.165, 1.54) is 11.3 Å². The lowest BCUT2D eigenvalue weighted by atomic mass is 9.98. The molecule has 0 spiro atoms. The number of carbonyl (C=O) groups excluding carboxylic acids is 1. The van der Waals surface area contributed by atoms with Crippen molar-refractivity contribution >= 4 is 11.6 Å². The van der Waals surface area contributed by atoms with Gasteiger partial charge in [-0.3, -0.25) is 4.79 Å². The molecule has 0 bridgehead atoms. The van der Waals surface area contributed by atoms with Gasteiger partial charge in [-0.05, 0) is 48.8 Å². The lowest BCUT2D eigenvalue weighted by Crippen LogP contribution is -2.40. The first-order valence-electron chi connectivity index (χ1n) is 9.84. The van der Waals surface area contributed by atoms with Crippen molar-refractivity contribution in [2.75, 3.05) is 18.5 Å². The molecule has 0 radical (unpaired) electrons.